The number of rotatable bonds is 8. The van der Waals surface area contributed by atoms with Crippen molar-refractivity contribution in [3.05, 3.63) is 84.2 Å². The third kappa shape index (κ3) is 3.73. The van der Waals surface area contributed by atoms with E-state index in [2.05, 4.69) is 50.3 Å². The molecule has 0 aliphatic heterocycles. The molecular formula is C25H25N5OS. The van der Waals surface area contributed by atoms with Gasteiger partial charge >= 0.3 is 0 Å². The number of aromatic nitrogens is 5. The lowest BCUT2D eigenvalue weighted by molar-refractivity contribution is 0.416. The highest BCUT2D eigenvalue weighted by Crippen LogP contribution is 2.34. The first-order chi connectivity index (χ1) is 15.8. The summed E-state index contributed by atoms with van der Waals surface area (Å²) in [4.78, 5) is 0. The van der Waals surface area contributed by atoms with E-state index in [0.717, 1.165) is 52.3 Å². The Bertz CT molecular complexity index is 1240. The number of para-hydroxylation sites is 2. The zero-order chi connectivity index (χ0) is 21.9. The van der Waals surface area contributed by atoms with Crippen LogP contribution in [0.25, 0.3) is 17.1 Å². The van der Waals surface area contributed by atoms with Gasteiger partial charge in [0.05, 0.1) is 24.1 Å². The van der Waals surface area contributed by atoms with Crippen LogP contribution in [-0.4, -0.2) is 31.7 Å². The van der Waals surface area contributed by atoms with Gasteiger partial charge in [-0.1, -0.05) is 48.2 Å². The third-order valence-electron chi connectivity index (χ3n) is 5.73. The predicted octanol–water partition coefficient (Wildman–Crippen LogP) is 5.11. The van der Waals surface area contributed by atoms with Crippen LogP contribution in [0.15, 0.2) is 72.4 Å². The monoisotopic (exact) mass is 443 g/mol. The molecule has 162 valence electrons. The highest BCUT2D eigenvalue weighted by Gasteiger charge is 2.24. The van der Waals surface area contributed by atoms with E-state index >= 15 is 0 Å². The maximum atomic E-state index is 5.54. The first-order valence-electron chi connectivity index (χ1n) is 10.8. The molecule has 0 spiro atoms. The van der Waals surface area contributed by atoms with Gasteiger partial charge in [0.1, 0.15) is 5.75 Å². The van der Waals surface area contributed by atoms with Crippen LogP contribution in [-0.2, 0) is 25.1 Å². The van der Waals surface area contributed by atoms with Gasteiger partial charge in [-0.25, -0.2) is 4.68 Å². The lowest BCUT2D eigenvalue weighted by Crippen LogP contribution is -2.02. The summed E-state index contributed by atoms with van der Waals surface area (Å²) in [5.74, 6) is 2.31. The normalized spacial score (nSPS) is 12.7. The predicted molar refractivity (Wildman–Crippen MR) is 127 cm³/mol. The van der Waals surface area contributed by atoms with Crippen molar-refractivity contribution in [2.45, 2.75) is 36.7 Å². The second-order valence-corrected chi connectivity index (χ2v) is 8.61. The van der Waals surface area contributed by atoms with Crippen molar-refractivity contribution >= 4 is 11.8 Å². The van der Waals surface area contributed by atoms with E-state index < -0.39 is 0 Å². The minimum Gasteiger partial charge on any atom is -0.496 e. The molecule has 2 aromatic carbocycles. The van der Waals surface area contributed by atoms with Crippen molar-refractivity contribution in [1.29, 1.82) is 0 Å². The highest BCUT2D eigenvalue weighted by molar-refractivity contribution is 7.98. The summed E-state index contributed by atoms with van der Waals surface area (Å²) in [5.41, 5.74) is 5.91. The van der Waals surface area contributed by atoms with Crippen LogP contribution in [0.4, 0.5) is 0 Å². The molecule has 0 saturated heterocycles. The average Bonchev–Trinajstić information content (AvgIpc) is 3.55. The molecule has 0 fully saturated rings. The first kappa shape index (κ1) is 20.6. The number of allylic oxidation sites excluding steroid dienone is 1. The second kappa shape index (κ2) is 9.04. The number of benzene rings is 2. The van der Waals surface area contributed by atoms with E-state index in [1.54, 1.807) is 18.9 Å². The minimum absolute atomic E-state index is 0.624. The lowest BCUT2D eigenvalue weighted by atomic mass is 10.2. The van der Waals surface area contributed by atoms with Gasteiger partial charge in [0.15, 0.2) is 11.0 Å². The maximum absolute atomic E-state index is 5.54. The molecule has 0 saturated carbocycles. The number of hydrogen-bond acceptors (Lipinski definition) is 5. The van der Waals surface area contributed by atoms with E-state index in [1.807, 2.05) is 36.4 Å². The van der Waals surface area contributed by atoms with E-state index in [4.69, 9.17) is 9.84 Å². The van der Waals surface area contributed by atoms with Crippen LogP contribution in [0.3, 0.4) is 0 Å². The molecule has 32 heavy (non-hydrogen) atoms. The molecule has 1 aliphatic carbocycles. The van der Waals surface area contributed by atoms with Crippen molar-refractivity contribution in [2.75, 3.05) is 7.11 Å². The zero-order valence-corrected chi connectivity index (χ0v) is 18.9. The molecule has 6 nitrogen and oxygen atoms in total. The van der Waals surface area contributed by atoms with Gasteiger partial charge in [-0.15, -0.1) is 16.8 Å². The fraction of sp³-hybridized carbons (Fsp3) is 0.240. The number of thioether (sulfide) groups is 1. The molecule has 0 amide bonds. The molecule has 0 atom stereocenters. The molecule has 2 aromatic heterocycles. The largest absolute Gasteiger partial charge is 0.496 e. The second-order valence-electron chi connectivity index (χ2n) is 7.67. The van der Waals surface area contributed by atoms with Gasteiger partial charge in [-0.3, -0.25) is 4.57 Å². The molecule has 0 bridgehead atoms. The average molecular weight is 444 g/mol. The van der Waals surface area contributed by atoms with Gasteiger partial charge in [0.25, 0.3) is 0 Å². The summed E-state index contributed by atoms with van der Waals surface area (Å²) in [6, 6.07) is 18.3. The first-order valence-corrected chi connectivity index (χ1v) is 11.7. The summed E-state index contributed by atoms with van der Waals surface area (Å²) >= 11 is 1.67. The molecule has 4 aromatic rings. The lowest BCUT2D eigenvalue weighted by Gasteiger charge is -2.10. The Morgan fingerprint density at radius 3 is 2.69 bits per heavy atom. The summed E-state index contributed by atoms with van der Waals surface area (Å²) < 4.78 is 9.75. The molecule has 0 N–H and O–H groups in total. The number of hydrogen-bond donors (Lipinski definition) is 0. The van der Waals surface area contributed by atoms with Crippen LogP contribution >= 0.6 is 11.8 Å². The third-order valence-corrected chi connectivity index (χ3v) is 6.71. The summed E-state index contributed by atoms with van der Waals surface area (Å²) in [6.45, 7) is 4.55. The molecule has 5 rings (SSSR count). The van der Waals surface area contributed by atoms with E-state index in [-0.39, 0.29) is 0 Å². The van der Waals surface area contributed by atoms with Crippen molar-refractivity contribution in [3.63, 3.8) is 0 Å². The minimum atomic E-state index is 0.624. The molecular weight excluding hydrogens is 418 g/mol. The summed E-state index contributed by atoms with van der Waals surface area (Å²) in [5, 5.41) is 14.8. The van der Waals surface area contributed by atoms with Crippen molar-refractivity contribution in [2.24, 2.45) is 0 Å². The van der Waals surface area contributed by atoms with Gasteiger partial charge in [0.2, 0.25) is 0 Å². The van der Waals surface area contributed by atoms with Gasteiger partial charge < -0.3 is 4.74 Å². The molecule has 2 heterocycles. The van der Waals surface area contributed by atoms with Gasteiger partial charge in [-0.05, 0) is 49.1 Å². The number of nitrogens with zero attached hydrogens (tertiary/aromatic N) is 5. The van der Waals surface area contributed by atoms with Crippen LogP contribution in [0.5, 0.6) is 5.75 Å². The fourth-order valence-electron chi connectivity index (χ4n) is 4.26. The topological polar surface area (TPSA) is 57.8 Å². The number of methoxy groups -OCH3 is 1. The molecule has 1 aliphatic rings. The van der Waals surface area contributed by atoms with Crippen LogP contribution < -0.4 is 4.74 Å². The van der Waals surface area contributed by atoms with Gasteiger partial charge in [0, 0.05) is 18.0 Å². The van der Waals surface area contributed by atoms with Crippen LogP contribution in [0.2, 0.25) is 0 Å². The SMILES string of the molecule is C=CCn1c(SCc2nn(-c3ccccc3)c3c2CCC3)nnc1-c1ccccc1OC. The van der Waals surface area contributed by atoms with Crippen LogP contribution in [0.1, 0.15) is 23.4 Å². The summed E-state index contributed by atoms with van der Waals surface area (Å²) in [7, 11) is 1.67. The van der Waals surface area contributed by atoms with Gasteiger partial charge in [-0.2, -0.15) is 5.10 Å². The maximum Gasteiger partial charge on any atom is 0.192 e. The number of ether oxygens (including phenoxy) is 1. The molecule has 7 heteroatoms. The Balaban J connectivity index is 1.45. The summed E-state index contributed by atoms with van der Waals surface area (Å²) in [6.07, 6.45) is 5.22. The van der Waals surface area contributed by atoms with Crippen LogP contribution in [0, 0.1) is 0 Å². The highest BCUT2D eigenvalue weighted by atomic mass is 32.2. The van der Waals surface area contributed by atoms with E-state index in [1.165, 1.54) is 17.7 Å². The Hall–Kier alpha value is -3.32. The van der Waals surface area contributed by atoms with Crippen molar-refractivity contribution in [1.82, 2.24) is 24.5 Å². The molecule has 0 unspecified atom stereocenters. The van der Waals surface area contributed by atoms with Crippen molar-refractivity contribution in [3.8, 4) is 22.8 Å². The number of fused-ring (bicyclic) bond motifs is 1. The Morgan fingerprint density at radius 1 is 1.06 bits per heavy atom. The fourth-order valence-corrected chi connectivity index (χ4v) is 5.18. The molecule has 0 radical (unpaired) electrons. The Labute approximate surface area is 191 Å². The standard InChI is InChI=1S/C25H25N5OS/c1-3-16-29-24(20-12-7-8-15-23(20)31-2)26-27-25(29)32-17-21-19-13-9-14-22(19)30(28-21)18-10-5-4-6-11-18/h3-8,10-12,15H,1,9,13-14,16-17H2,2H3. The Kier molecular flexibility index (Phi) is 5.81. The Morgan fingerprint density at radius 2 is 1.88 bits per heavy atom. The van der Waals surface area contributed by atoms with E-state index in [9.17, 15) is 0 Å². The van der Waals surface area contributed by atoms with Crippen molar-refractivity contribution < 1.29 is 4.74 Å². The zero-order valence-electron chi connectivity index (χ0n) is 18.1. The smallest absolute Gasteiger partial charge is 0.192 e. The van der Waals surface area contributed by atoms with E-state index in [0.29, 0.717) is 6.54 Å². The quantitative estimate of drug-likeness (QED) is 0.280.